The molecule has 0 amide bonds. The summed E-state index contributed by atoms with van der Waals surface area (Å²) in [5, 5.41) is 10.9. The lowest BCUT2D eigenvalue weighted by Crippen LogP contribution is -1.88. The third-order valence-corrected chi connectivity index (χ3v) is 1.60. The number of nitrogens with zero attached hydrogens (tertiary/aromatic N) is 1. The molecule has 1 aromatic carbocycles. The van der Waals surface area contributed by atoms with E-state index >= 15 is 0 Å². The van der Waals surface area contributed by atoms with Gasteiger partial charge in [0.15, 0.2) is 0 Å². The average Bonchev–Trinajstić information content (AvgIpc) is 2.09. The van der Waals surface area contributed by atoms with Gasteiger partial charge in [0, 0.05) is 6.61 Å². The van der Waals surface area contributed by atoms with Crippen molar-refractivity contribution < 1.29 is 5.11 Å². The predicted octanol–water partition coefficient (Wildman–Crippen LogP) is 1.96. The third-order valence-electron chi connectivity index (χ3n) is 1.51. The fraction of sp³-hybridized carbons (Fsp3) is 0.222. The van der Waals surface area contributed by atoms with Crippen LogP contribution in [0.5, 0.6) is 0 Å². The van der Waals surface area contributed by atoms with E-state index in [2.05, 4.69) is 22.4 Å². The highest BCUT2D eigenvalue weighted by atomic mass is 32.1. The number of thiocarbonyl (C=S) groups is 1. The zero-order valence-electron chi connectivity index (χ0n) is 6.53. The number of aliphatic hydroxyl groups is 1. The molecule has 0 aliphatic rings. The zero-order valence-corrected chi connectivity index (χ0v) is 7.34. The second-order valence-corrected chi connectivity index (χ2v) is 2.53. The molecule has 0 spiro atoms. The van der Waals surface area contributed by atoms with Crippen LogP contribution in [0.1, 0.15) is 5.56 Å². The van der Waals surface area contributed by atoms with E-state index in [4.69, 9.17) is 5.11 Å². The Morgan fingerprint density at radius 1 is 1.33 bits per heavy atom. The van der Waals surface area contributed by atoms with Crippen molar-refractivity contribution in [3.63, 3.8) is 0 Å². The van der Waals surface area contributed by atoms with Crippen molar-refractivity contribution in [2.75, 3.05) is 6.61 Å². The normalized spacial score (nSPS) is 9.08. The quantitative estimate of drug-likeness (QED) is 0.568. The lowest BCUT2D eigenvalue weighted by molar-refractivity contribution is 0.299. The Bertz CT molecular complexity index is 288. The van der Waals surface area contributed by atoms with Gasteiger partial charge in [0.2, 0.25) is 0 Å². The van der Waals surface area contributed by atoms with E-state index in [-0.39, 0.29) is 6.61 Å². The van der Waals surface area contributed by atoms with Gasteiger partial charge in [0.1, 0.15) is 0 Å². The predicted molar refractivity (Wildman–Crippen MR) is 51.9 cm³/mol. The maximum Gasteiger partial charge on any atom is 0.0739 e. The van der Waals surface area contributed by atoms with Gasteiger partial charge in [-0.15, -0.1) is 0 Å². The van der Waals surface area contributed by atoms with Gasteiger partial charge in [-0.25, -0.2) is 0 Å². The Labute approximate surface area is 76.6 Å². The van der Waals surface area contributed by atoms with Crippen LogP contribution in [0.2, 0.25) is 0 Å². The van der Waals surface area contributed by atoms with Gasteiger partial charge in [-0.1, -0.05) is 12.1 Å². The average molecular weight is 179 g/mol. The van der Waals surface area contributed by atoms with Crippen molar-refractivity contribution in [2.45, 2.75) is 6.42 Å². The Morgan fingerprint density at radius 3 is 2.50 bits per heavy atom. The highest BCUT2D eigenvalue weighted by Crippen LogP contribution is 2.12. The molecule has 2 nitrogen and oxygen atoms in total. The van der Waals surface area contributed by atoms with Gasteiger partial charge in [-0.2, -0.15) is 4.99 Å². The van der Waals surface area contributed by atoms with Gasteiger partial charge in [0.05, 0.1) is 10.8 Å². The van der Waals surface area contributed by atoms with Crippen molar-refractivity contribution in [1.29, 1.82) is 0 Å². The summed E-state index contributed by atoms with van der Waals surface area (Å²) in [5.74, 6) is 0. The lowest BCUT2D eigenvalue weighted by atomic mass is 10.1. The number of rotatable bonds is 3. The number of hydrogen-bond donors (Lipinski definition) is 1. The molecule has 0 atom stereocenters. The molecular formula is C9H9NOS. The molecule has 0 heterocycles. The summed E-state index contributed by atoms with van der Waals surface area (Å²) >= 11 is 4.46. The first-order chi connectivity index (χ1) is 5.86. The van der Waals surface area contributed by atoms with E-state index in [1.165, 1.54) is 0 Å². The molecule has 62 valence electrons. The number of aliphatic imine (C=N–C) groups is 1. The number of benzene rings is 1. The van der Waals surface area contributed by atoms with Crippen LogP contribution in [-0.2, 0) is 6.42 Å². The molecule has 3 heteroatoms. The van der Waals surface area contributed by atoms with Crippen molar-refractivity contribution >= 4 is 23.1 Å². The minimum Gasteiger partial charge on any atom is -0.396 e. The summed E-state index contributed by atoms with van der Waals surface area (Å²) < 4.78 is 0. The third kappa shape index (κ3) is 2.55. The first-order valence-electron chi connectivity index (χ1n) is 3.64. The topological polar surface area (TPSA) is 32.6 Å². The second kappa shape index (κ2) is 4.78. The maximum absolute atomic E-state index is 8.64. The van der Waals surface area contributed by atoms with Gasteiger partial charge in [-0.05, 0) is 36.3 Å². The number of isothiocyanates is 1. The summed E-state index contributed by atoms with van der Waals surface area (Å²) in [5.41, 5.74) is 1.90. The molecule has 0 saturated carbocycles. The molecule has 0 aromatic heterocycles. The van der Waals surface area contributed by atoms with Crippen LogP contribution < -0.4 is 0 Å². The molecule has 1 aromatic rings. The highest BCUT2D eigenvalue weighted by Gasteiger charge is 1.91. The minimum absolute atomic E-state index is 0.176. The Balaban J connectivity index is 2.77. The number of aliphatic hydroxyl groups excluding tert-OH is 1. The molecule has 0 aliphatic heterocycles. The summed E-state index contributed by atoms with van der Waals surface area (Å²) in [4.78, 5) is 3.81. The summed E-state index contributed by atoms with van der Waals surface area (Å²) in [6.45, 7) is 0.176. The van der Waals surface area contributed by atoms with Crippen LogP contribution in [0, 0.1) is 0 Å². The number of hydrogen-bond acceptors (Lipinski definition) is 3. The Kier molecular flexibility index (Phi) is 3.61. The first-order valence-corrected chi connectivity index (χ1v) is 4.05. The first kappa shape index (κ1) is 9.07. The summed E-state index contributed by atoms with van der Waals surface area (Å²) in [7, 11) is 0. The van der Waals surface area contributed by atoms with Crippen molar-refractivity contribution in [3.8, 4) is 0 Å². The summed E-state index contributed by atoms with van der Waals surface area (Å²) in [6.07, 6.45) is 0.682. The lowest BCUT2D eigenvalue weighted by Gasteiger charge is -1.96. The second-order valence-electron chi connectivity index (χ2n) is 2.34. The Morgan fingerprint density at radius 2 is 2.00 bits per heavy atom. The molecular weight excluding hydrogens is 170 g/mol. The van der Waals surface area contributed by atoms with Crippen LogP contribution in [0.25, 0.3) is 0 Å². The van der Waals surface area contributed by atoms with Crippen molar-refractivity contribution in [2.24, 2.45) is 4.99 Å². The van der Waals surface area contributed by atoms with E-state index < -0.39 is 0 Å². The van der Waals surface area contributed by atoms with Crippen LogP contribution in [0.4, 0.5) is 5.69 Å². The molecule has 0 radical (unpaired) electrons. The van der Waals surface area contributed by atoms with Gasteiger partial charge < -0.3 is 5.11 Å². The van der Waals surface area contributed by atoms with E-state index in [1.54, 1.807) is 0 Å². The van der Waals surface area contributed by atoms with Gasteiger partial charge in [-0.3, -0.25) is 0 Å². The van der Waals surface area contributed by atoms with Crippen LogP contribution >= 0.6 is 12.2 Å². The standard InChI is InChI=1S/C9H9NOS/c11-6-5-8-1-3-9(4-2-8)10-7-12/h1-4,11H,5-6H2. The monoisotopic (exact) mass is 179 g/mol. The zero-order chi connectivity index (χ0) is 8.81. The molecule has 1 N–H and O–H groups in total. The fourth-order valence-corrected chi connectivity index (χ4v) is 1.02. The van der Waals surface area contributed by atoms with Crippen molar-refractivity contribution in [1.82, 2.24) is 0 Å². The molecule has 0 saturated heterocycles. The minimum atomic E-state index is 0.176. The highest BCUT2D eigenvalue weighted by molar-refractivity contribution is 7.78. The molecule has 0 unspecified atom stereocenters. The SMILES string of the molecule is OCCc1ccc(N=C=S)cc1. The van der Waals surface area contributed by atoms with E-state index in [1.807, 2.05) is 24.3 Å². The fourth-order valence-electron chi connectivity index (χ4n) is 0.919. The van der Waals surface area contributed by atoms with Gasteiger partial charge >= 0.3 is 0 Å². The molecule has 0 fully saturated rings. The van der Waals surface area contributed by atoms with E-state index in [9.17, 15) is 0 Å². The van der Waals surface area contributed by atoms with Crippen LogP contribution in [0.15, 0.2) is 29.3 Å². The van der Waals surface area contributed by atoms with E-state index in [0.717, 1.165) is 11.3 Å². The van der Waals surface area contributed by atoms with E-state index in [0.29, 0.717) is 6.42 Å². The van der Waals surface area contributed by atoms with Crippen LogP contribution in [0.3, 0.4) is 0 Å². The van der Waals surface area contributed by atoms with Crippen molar-refractivity contribution in [3.05, 3.63) is 29.8 Å². The molecule has 1 rings (SSSR count). The molecule has 12 heavy (non-hydrogen) atoms. The Hall–Kier alpha value is -1.02. The van der Waals surface area contributed by atoms with Gasteiger partial charge in [0.25, 0.3) is 0 Å². The molecule has 0 bridgehead atoms. The van der Waals surface area contributed by atoms with Crippen LogP contribution in [-0.4, -0.2) is 16.9 Å². The summed E-state index contributed by atoms with van der Waals surface area (Å²) in [6, 6.07) is 7.54. The smallest absolute Gasteiger partial charge is 0.0739 e. The maximum atomic E-state index is 8.64. The largest absolute Gasteiger partial charge is 0.396 e. The molecule has 0 aliphatic carbocycles.